The van der Waals surface area contributed by atoms with Crippen LogP contribution in [0.3, 0.4) is 0 Å². The van der Waals surface area contributed by atoms with E-state index < -0.39 is 0 Å². The number of likely N-dealkylation sites (N-methyl/N-ethyl adjacent to an activating group) is 1. The number of hydrogen-bond acceptors (Lipinski definition) is 4. The van der Waals surface area contributed by atoms with Crippen molar-refractivity contribution >= 4 is 16.9 Å². The molecular formula is C12H15N3O2. The second-order valence-electron chi connectivity index (χ2n) is 3.83. The van der Waals surface area contributed by atoms with Crippen molar-refractivity contribution in [2.24, 2.45) is 0 Å². The van der Waals surface area contributed by atoms with Crippen molar-refractivity contribution in [3.63, 3.8) is 0 Å². The zero-order valence-electron chi connectivity index (χ0n) is 9.91. The van der Waals surface area contributed by atoms with E-state index in [0.29, 0.717) is 5.88 Å². The highest BCUT2D eigenvalue weighted by molar-refractivity contribution is 5.84. The summed E-state index contributed by atoms with van der Waals surface area (Å²) in [6.07, 6.45) is 4.55. The van der Waals surface area contributed by atoms with Crippen molar-refractivity contribution in [2.75, 3.05) is 13.6 Å². The van der Waals surface area contributed by atoms with E-state index in [9.17, 15) is 4.79 Å². The first-order valence-corrected chi connectivity index (χ1v) is 5.49. The third-order valence-corrected chi connectivity index (χ3v) is 2.52. The van der Waals surface area contributed by atoms with Gasteiger partial charge in [-0.1, -0.05) is 0 Å². The van der Waals surface area contributed by atoms with Crippen molar-refractivity contribution in [2.45, 2.75) is 13.3 Å². The van der Waals surface area contributed by atoms with Gasteiger partial charge in [0.15, 0.2) is 0 Å². The molecule has 0 aliphatic heterocycles. The van der Waals surface area contributed by atoms with E-state index in [4.69, 9.17) is 4.74 Å². The molecule has 0 atom stereocenters. The number of nitrogens with zero attached hydrogens (tertiary/aromatic N) is 1. The lowest BCUT2D eigenvalue weighted by atomic mass is 10.1. The average molecular weight is 233 g/mol. The van der Waals surface area contributed by atoms with Gasteiger partial charge in [0, 0.05) is 24.6 Å². The predicted octanol–water partition coefficient (Wildman–Crippen LogP) is 1.25. The lowest BCUT2D eigenvalue weighted by Crippen LogP contribution is -2.10. The van der Waals surface area contributed by atoms with Crippen LogP contribution in [0.4, 0.5) is 0 Å². The van der Waals surface area contributed by atoms with E-state index in [-0.39, 0.29) is 5.97 Å². The minimum absolute atomic E-state index is 0.343. The quantitative estimate of drug-likeness (QED) is 0.780. The molecule has 17 heavy (non-hydrogen) atoms. The number of fused-ring (bicyclic) bond motifs is 1. The van der Waals surface area contributed by atoms with Crippen LogP contribution in [0.2, 0.25) is 0 Å². The minimum atomic E-state index is -0.357. The third-order valence-electron chi connectivity index (χ3n) is 2.52. The van der Waals surface area contributed by atoms with Gasteiger partial charge in [0.05, 0.1) is 11.7 Å². The molecule has 2 heterocycles. The summed E-state index contributed by atoms with van der Waals surface area (Å²) in [6.45, 7) is 2.27. The maximum Gasteiger partial charge on any atom is 0.309 e. The van der Waals surface area contributed by atoms with E-state index in [1.807, 2.05) is 13.2 Å². The van der Waals surface area contributed by atoms with Crippen LogP contribution in [-0.2, 0) is 11.2 Å². The van der Waals surface area contributed by atoms with Crippen molar-refractivity contribution in [3.05, 3.63) is 24.0 Å². The number of carbonyl (C=O) groups excluding carboxylic acids is 1. The molecule has 5 heteroatoms. The summed E-state index contributed by atoms with van der Waals surface area (Å²) in [6, 6.07) is 1.79. The van der Waals surface area contributed by atoms with Gasteiger partial charge in [-0.25, -0.2) is 4.98 Å². The molecule has 0 radical (unpaired) electrons. The van der Waals surface area contributed by atoms with E-state index in [1.54, 1.807) is 12.3 Å². The first kappa shape index (κ1) is 11.6. The highest BCUT2D eigenvalue weighted by Crippen LogP contribution is 2.21. The lowest BCUT2D eigenvalue weighted by Gasteiger charge is -2.01. The minimum Gasteiger partial charge on any atom is -0.408 e. The van der Waals surface area contributed by atoms with Crippen molar-refractivity contribution in [1.29, 1.82) is 0 Å². The number of carbonyl (C=O) groups is 1. The second kappa shape index (κ2) is 4.97. The number of hydrogen-bond donors (Lipinski definition) is 2. The normalized spacial score (nSPS) is 10.7. The van der Waals surface area contributed by atoms with Crippen LogP contribution in [0, 0.1) is 0 Å². The number of aromatic amines is 1. The molecule has 0 saturated carbocycles. The maximum absolute atomic E-state index is 10.9. The number of rotatable bonds is 4. The van der Waals surface area contributed by atoms with E-state index in [0.717, 1.165) is 23.9 Å². The molecule has 2 aromatic rings. The molecule has 0 amide bonds. The van der Waals surface area contributed by atoms with Crippen LogP contribution in [-0.4, -0.2) is 29.5 Å². The molecule has 0 aromatic carbocycles. The summed E-state index contributed by atoms with van der Waals surface area (Å²) in [5.41, 5.74) is 2.14. The molecule has 0 spiro atoms. The third kappa shape index (κ3) is 2.62. The van der Waals surface area contributed by atoms with Gasteiger partial charge in [-0.05, 0) is 25.6 Å². The van der Waals surface area contributed by atoms with Gasteiger partial charge in [-0.3, -0.25) is 4.79 Å². The van der Waals surface area contributed by atoms with Gasteiger partial charge in [0.1, 0.15) is 0 Å². The molecule has 5 nitrogen and oxygen atoms in total. The number of pyridine rings is 1. The van der Waals surface area contributed by atoms with Crippen molar-refractivity contribution in [1.82, 2.24) is 15.3 Å². The predicted molar refractivity (Wildman–Crippen MR) is 65.0 cm³/mol. The molecule has 0 bridgehead atoms. The van der Waals surface area contributed by atoms with Crippen LogP contribution in [0.1, 0.15) is 12.5 Å². The second-order valence-corrected chi connectivity index (χ2v) is 3.83. The maximum atomic E-state index is 10.9. The van der Waals surface area contributed by atoms with E-state index in [1.165, 1.54) is 12.5 Å². The van der Waals surface area contributed by atoms with Gasteiger partial charge in [0.2, 0.25) is 5.88 Å². The standard InChI is InChI=1S/C12H15N3O2/c1-8(16)17-12-5-10-9(3-4-13-2)6-14-11(10)7-15-12/h5-7,13-14H,3-4H2,1-2H3. The zero-order chi connectivity index (χ0) is 12.3. The number of aromatic nitrogens is 2. The SMILES string of the molecule is CNCCc1c[nH]c2cnc(OC(C)=O)cc12. The highest BCUT2D eigenvalue weighted by Gasteiger charge is 2.07. The van der Waals surface area contributed by atoms with Gasteiger partial charge in [-0.2, -0.15) is 0 Å². The molecule has 0 aliphatic carbocycles. The highest BCUT2D eigenvalue weighted by atomic mass is 16.5. The average Bonchev–Trinajstić information content (AvgIpc) is 2.68. The Balaban J connectivity index is 2.32. The fourth-order valence-electron chi connectivity index (χ4n) is 1.73. The number of ether oxygens (including phenoxy) is 1. The molecule has 0 saturated heterocycles. The largest absolute Gasteiger partial charge is 0.408 e. The Bertz CT molecular complexity index is 534. The summed E-state index contributed by atoms with van der Waals surface area (Å²) in [7, 11) is 1.92. The Kier molecular flexibility index (Phi) is 3.39. The van der Waals surface area contributed by atoms with Crippen LogP contribution in [0.25, 0.3) is 10.9 Å². The van der Waals surface area contributed by atoms with Gasteiger partial charge in [0.25, 0.3) is 0 Å². The Labute approximate surface area is 99.2 Å². The van der Waals surface area contributed by atoms with Crippen molar-refractivity contribution < 1.29 is 9.53 Å². The molecule has 2 rings (SSSR count). The van der Waals surface area contributed by atoms with E-state index in [2.05, 4.69) is 15.3 Å². The Morgan fingerprint density at radius 1 is 1.59 bits per heavy atom. The number of H-pyrrole nitrogens is 1. The monoisotopic (exact) mass is 233 g/mol. The smallest absolute Gasteiger partial charge is 0.309 e. The van der Waals surface area contributed by atoms with Gasteiger partial charge in [-0.15, -0.1) is 0 Å². The fourth-order valence-corrected chi connectivity index (χ4v) is 1.73. The summed E-state index contributed by atoms with van der Waals surface area (Å²) in [5.74, 6) is -0.0144. The van der Waals surface area contributed by atoms with Crippen molar-refractivity contribution in [3.8, 4) is 5.88 Å². The summed E-state index contributed by atoms with van der Waals surface area (Å²) >= 11 is 0. The fraction of sp³-hybridized carbons (Fsp3) is 0.333. The van der Waals surface area contributed by atoms with Gasteiger partial charge < -0.3 is 15.0 Å². The zero-order valence-corrected chi connectivity index (χ0v) is 9.91. The number of nitrogens with one attached hydrogen (secondary N) is 2. The Morgan fingerprint density at radius 3 is 3.12 bits per heavy atom. The molecule has 2 N–H and O–H groups in total. The molecule has 0 unspecified atom stereocenters. The Hall–Kier alpha value is -1.88. The summed E-state index contributed by atoms with van der Waals surface area (Å²) < 4.78 is 4.97. The molecular weight excluding hydrogens is 218 g/mol. The van der Waals surface area contributed by atoms with Crippen LogP contribution in [0.5, 0.6) is 5.88 Å². The number of esters is 1. The van der Waals surface area contributed by atoms with Crippen LogP contribution < -0.4 is 10.1 Å². The molecule has 0 aliphatic rings. The van der Waals surface area contributed by atoms with E-state index >= 15 is 0 Å². The first-order valence-electron chi connectivity index (χ1n) is 5.49. The summed E-state index contributed by atoms with van der Waals surface area (Å²) in [5, 5.41) is 4.15. The lowest BCUT2D eigenvalue weighted by molar-refractivity contribution is -0.132. The van der Waals surface area contributed by atoms with Crippen LogP contribution in [0.15, 0.2) is 18.5 Å². The van der Waals surface area contributed by atoms with Crippen LogP contribution >= 0.6 is 0 Å². The first-order chi connectivity index (χ1) is 8.20. The Morgan fingerprint density at radius 2 is 2.41 bits per heavy atom. The topological polar surface area (TPSA) is 67.0 Å². The molecule has 0 fully saturated rings. The molecule has 2 aromatic heterocycles. The molecule has 90 valence electrons. The van der Waals surface area contributed by atoms with Gasteiger partial charge >= 0.3 is 5.97 Å². The summed E-state index contributed by atoms with van der Waals surface area (Å²) in [4.78, 5) is 18.1.